The molecule has 0 aliphatic carbocycles. The van der Waals surface area contributed by atoms with E-state index >= 15 is 0 Å². The Hall–Kier alpha value is -0.930. The summed E-state index contributed by atoms with van der Waals surface area (Å²) in [6.45, 7) is 4.60. The molecule has 1 unspecified atom stereocenters. The van der Waals surface area contributed by atoms with E-state index in [-0.39, 0.29) is 5.38 Å². The van der Waals surface area contributed by atoms with Crippen LogP contribution in [0.1, 0.15) is 33.6 Å². The van der Waals surface area contributed by atoms with Gasteiger partial charge in [0.15, 0.2) is 0 Å². The molecule has 0 radical (unpaired) electrons. The standard InChI is InChI=1S/C15H14BrClO2/c1-8-5-12(9(2)19-8)14(17)13-7-11(16)6-10-3-4-18-15(10)13/h5-7,14H,3-4H2,1-2H3. The molecule has 2 nitrogen and oxygen atoms in total. The number of fused-ring (bicyclic) bond motifs is 1. The van der Waals surface area contributed by atoms with E-state index in [1.807, 2.05) is 26.0 Å². The summed E-state index contributed by atoms with van der Waals surface area (Å²) >= 11 is 10.2. The highest BCUT2D eigenvalue weighted by molar-refractivity contribution is 9.10. The van der Waals surface area contributed by atoms with E-state index in [4.69, 9.17) is 20.8 Å². The molecule has 0 saturated carbocycles. The Morgan fingerprint density at radius 3 is 2.68 bits per heavy atom. The molecule has 1 aromatic carbocycles. The van der Waals surface area contributed by atoms with Crippen LogP contribution in [0.3, 0.4) is 0 Å². The number of alkyl halides is 1. The second-order valence-corrected chi connectivity index (χ2v) is 6.16. The van der Waals surface area contributed by atoms with Gasteiger partial charge < -0.3 is 9.15 Å². The van der Waals surface area contributed by atoms with Gasteiger partial charge >= 0.3 is 0 Å². The molecule has 0 spiro atoms. The zero-order valence-corrected chi connectivity index (χ0v) is 13.1. The van der Waals surface area contributed by atoms with E-state index in [0.717, 1.165) is 45.9 Å². The summed E-state index contributed by atoms with van der Waals surface area (Å²) in [5, 5.41) is -0.248. The fourth-order valence-electron chi connectivity index (χ4n) is 2.56. The molecule has 3 rings (SSSR count). The van der Waals surface area contributed by atoms with Crippen LogP contribution in [0.2, 0.25) is 0 Å². The Morgan fingerprint density at radius 1 is 1.21 bits per heavy atom. The second kappa shape index (κ2) is 4.88. The molecule has 4 heteroatoms. The summed E-state index contributed by atoms with van der Waals surface area (Å²) in [5.41, 5.74) is 3.23. The minimum Gasteiger partial charge on any atom is -0.493 e. The molecule has 1 aliphatic heterocycles. The van der Waals surface area contributed by atoms with Crippen LogP contribution in [0, 0.1) is 13.8 Å². The maximum absolute atomic E-state index is 6.65. The van der Waals surface area contributed by atoms with Gasteiger partial charge in [0, 0.05) is 22.0 Å². The normalized spacial score (nSPS) is 15.2. The molecule has 2 heterocycles. The van der Waals surface area contributed by atoms with Gasteiger partial charge in [-0.1, -0.05) is 15.9 Å². The van der Waals surface area contributed by atoms with Gasteiger partial charge in [0.05, 0.1) is 12.0 Å². The van der Waals surface area contributed by atoms with Crippen molar-refractivity contribution in [2.24, 2.45) is 0 Å². The SMILES string of the molecule is Cc1cc(C(Cl)c2cc(Br)cc3c2OCC3)c(C)o1. The number of rotatable bonds is 2. The van der Waals surface area contributed by atoms with Crippen molar-refractivity contribution < 1.29 is 9.15 Å². The van der Waals surface area contributed by atoms with Crippen LogP contribution in [-0.4, -0.2) is 6.61 Å². The van der Waals surface area contributed by atoms with E-state index in [9.17, 15) is 0 Å². The fourth-order valence-corrected chi connectivity index (χ4v) is 3.46. The van der Waals surface area contributed by atoms with Crippen LogP contribution in [0.25, 0.3) is 0 Å². The van der Waals surface area contributed by atoms with Crippen LogP contribution < -0.4 is 4.74 Å². The lowest BCUT2D eigenvalue weighted by Crippen LogP contribution is -1.98. The molecule has 0 saturated heterocycles. The predicted molar refractivity (Wildman–Crippen MR) is 79.2 cm³/mol. The Labute approximate surface area is 125 Å². The third-order valence-electron chi connectivity index (χ3n) is 3.40. The average molecular weight is 342 g/mol. The minimum atomic E-state index is -0.248. The minimum absolute atomic E-state index is 0.248. The third kappa shape index (κ3) is 2.30. The van der Waals surface area contributed by atoms with E-state index in [0.29, 0.717) is 0 Å². The molecule has 100 valence electrons. The largest absolute Gasteiger partial charge is 0.493 e. The number of aryl methyl sites for hydroxylation is 2. The van der Waals surface area contributed by atoms with Crippen molar-refractivity contribution in [2.45, 2.75) is 25.6 Å². The van der Waals surface area contributed by atoms with Gasteiger partial charge in [-0.05, 0) is 37.6 Å². The van der Waals surface area contributed by atoms with Crippen molar-refractivity contribution in [1.29, 1.82) is 0 Å². The first-order chi connectivity index (χ1) is 9.06. The molecule has 19 heavy (non-hydrogen) atoms. The second-order valence-electron chi connectivity index (χ2n) is 4.81. The summed E-state index contributed by atoms with van der Waals surface area (Å²) in [4.78, 5) is 0. The van der Waals surface area contributed by atoms with E-state index in [1.165, 1.54) is 5.56 Å². The number of benzene rings is 1. The van der Waals surface area contributed by atoms with Gasteiger partial charge in [0.1, 0.15) is 17.3 Å². The van der Waals surface area contributed by atoms with Crippen LogP contribution >= 0.6 is 27.5 Å². The fraction of sp³-hybridized carbons (Fsp3) is 0.333. The molecule has 0 bridgehead atoms. The molecular formula is C15H14BrClO2. The Morgan fingerprint density at radius 2 is 2.00 bits per heavy atom. The van der Waals surface area contributed by atoms with E-state index < -0.39 is 0 Å². The smallest absolute Gasteiger partial charge is 0.127 e. The Balaban J connectivity index is 2.09. The van der Waals surface area contributed by atoms with Gasteiger partial charge in [0.25, 0.3) is 0 Å². The highest BCUT2D eigenvalue weighted by Gasteiger charge is 2.25. The zero-order chi connectivity index (χ0) is 13.6. The lowest BCUT2D eigenvalue weighted by atomic mass is 10.0. The summed E-state index contributed by atoms with van der Waals surface area (Å²) < 4.78 is 12.3. The maximum Gasteiger partial charge on any atom is 0.127 e. The van der Waals surface area contributed by atoms with Gasteiger partial charge in [-0.2, -0.15) is 0 Å². The van der Waals surface area contributed by atoms with Crippen LogP contribution in [-0.2, 0) is 6.42 Å². The predicted octanol–water partition coefficient (Wildman–Crippen LogP) is 4.92. The number of hydrogen-bond acceptors (Lipinski definition) is 2. The molecule has 1 aliphatic rings. The molecule has 2 aromatic rings. The molecule has 0 amide bonds. The monoisotopic (exact) mass is 340 g/mol. The van der Waals surface area contributed by atoms with Crippen molar-refractivity contribution in [2.75, 3.05) is 6.61 Å². The van der Waals surface area contributed by atoms with Gasteiger partial charge in [0.2, 0.25) is 0 Å². The first kappa shape index (κ1) is 13.1. The van der Waals surface area contributed by atoms with E-state index in [2.05, 4.69) is 22.0 Å². The van der Waals surface area contributed by atoms with Crippen molar-refractivity contribution in [3.63, 3.8) is 0 Å². The van der Waals surface area contributed by atoms with Crippen molar-refractivity contribution in [3.05, 3.63) is 50.9 Å². The first-order valence-electron chi connectivity index (χ1n) is 6.22. The lowest BCUT2D eigenvalue weighted by molar-refractivity contribution is 0.353. The third-order valence-corrected chi connectivity index (χ3v) is 4.33. The molecular weight excluding hydrogens is 328 g/mol. The number of hydrogen-bond donors (Lipinski definition) is 0. The van der Waals surface area contributed by atoms with Crippen LogP contribution in [0.4, 0.5) is 0 Å². The molecule has 0 N–H and O–H groups in total. The summed E-state index contributed by atoms with van der Waals surface area (Å²) in [6.07, 6.45) is 0.939. The van der Waals surface area contributed by atoms with E-state index in [1.54, 1.807) is 0 Å². The molecule has 0 fully saturated rings. The van der Waals surface area contributed by atoms with Crippen molar-refractivity contribution in [3.8, 4) is 5.75 Å². The average Bonchev–Trinajstić information content (AvgIpc) is 2.93. The quantitative estimate of drug-likeness (QED) is 0.723. The maximum atomic E-state index is 6.65. The number of furan rings is 1. The van der Waals surface area contributed by atoms with Gasteiger partial charge in [-0.15, -0.1) is 11.6 Å². The zero-order valence-electron chi connectivity index (χ0n) is 10.8. The summed E-state index contributed by atoms with van der Waals surface area (Å²) in [5.74, 6) is 2.68. The van der Waals surface area contributed by atoms with Crippen molar-refractivity contribution >= 4 is 27.5 Å². The molecule has 1 aromatic heterocycles. The summed E-state index contributed by atoms with van der Waals surface area (Å²) in [7, 11) is 0. The topological polar surface area (TPSA) is 22.4 Å². The number of halogens is 2. The first-order valence-corrected chi connectivity index (χ1v) is 7.45. The van der Waals surface area contributed by atoms with Crippen molar-refractivity contribution in [1.82, 2.24) is 0 Å². The Kier molecular flexibility index (Phi) is 3.35. The van der Waals surface area contributed by atoms with Gasteiger partial charge in [-0.25, -0.2) is 0 Å². The van der Waals surface area contributed by atoms with Gasteiger partial charge in [-0.3, -0.25) is 0 Å². The lowest BCUT2D eigenvalue weighted by Gasteiger charge is -2.14. The van der Waals surface area contributed by atoms with Crippen LogP contribution in [0.15, 0.2) is 27.1 Å². The highest BCUT2D eigenvalue weighted by Crippen LogP contribution is 2.42. The molecule has 1 atom stereocenters. The van der Waals surface area contributed by atoms with Crippen LogP contribution in [0.5, 0.6) is 5.75 Å². The summed E-state index contributed by atoms with van der Waals surface area (Å²) in [6, 6.07) is 6.13. The number of ether oxygens (including phenoxy) is 1. The highest BCUT2D eigenvalue weighted by atomic mass is 79.9. The Bertz CT molecular complexity index is 633.